The molecule has 4 aromatic rings. The summed E-state index contributed by atoms with van der Waals surface area (Å²) in [5, 5.41) is 1.19. The van der Waals surface area contributed by atoms with Crippen LogP contribution in [0, 0.1) is 0 Å². The minimum atomic E-state index is 0.753. The van der Waals surface area contributed by atoms with Crippen LogP contribution in [-0.4, -0.2) is 19.4 Å². The van der Waals surface area contributed by atoms with Gasteiger partial charge in [0.2, 0.25) is 9.84 Å². The van der Waals surface area contributed by atoms with Gasteiger partial charge in [-0.05, 0) is 12.1 Å². The van der Waals surface area contributed by atoms with Gasteiger partial charge in [0, 0.05) is 18.0 Å². The first-order valence-electron chi connectivity index (χ1n) is 6.01. The second kappa shape index (κ2) is 3.16. The van der Waals surface area contributed by atoms with Gasteiger partial charge in [-0.2, -0.15) is 14.4 Å². The summed E-state index contributed by atoms with van der Waals surface area (Å²) in [6.45, 7) is 0.862. The summed E-state index contributed by atoms with van der Waals surface area (Å²) in [5.41, 5.74) is 3.47. The van der Waals surface area contributed by atoms with Crippen molar-refractivity contribution in [3.8, 4) is 10.7 Å². The summed E-state index contributed by atoms with van der Waals surface area (Å²) in [7, 11) is 0. The molecule has 5 nitrogen and oxygen atoms in total. The molecule has 1 aliphatic rings. The molecule has 19 heavy (non-hydrogen) atoms. The molecule has 0 atom stereocenters. The van der Waals surface area contributed by atoms with E-state index in [-0.39, 0.29) is 0 Å². The second-order valence-electron chi connectivity index (χ2n) is 4.53. The molecule has 0 bridgehead atoms. The van der Waals surface area contributed by atoms with E-state index >= 15 is 0 Å². The normalized spacial score (nSPS) is 13.1. The van der Waals surface area contributed by atoms with Crippen LogP contribution in [0.15, 0.2) is 36.8 Å². The van der Waals surface area contributed by atoms with Gasteiger partial charge in [-0.3, -0.25) is 4.98 Å². The van der Waals surface area contributed by atoms with Gasteiger partial charge in [-0.25, -0.2) is 4.57 Å². The molecule has 0 aromatic carbocycles. The fourth-order valence-corrected chi connectivity index (χ4v) is 3.82. The van der Waals surface area contributed by atoms with Gasteiger partial charge in [0.05, 0.1) is 0 Å². The van der Waals surface area contributed by atoms with Gasteiger partial charge >= 0.3 is 11.4 Å². The van der Waals surface area contributed by atoms with Crippen LogP contribution in [0.4, 0.5) is 0 Å². The Kier molecular flexibility index (Phi) is 1.59. The van der Waals surface area contributed by atoms with Crippen molar-refractivity contribution in [3.63, 3.8) is 0 Å². The van der Waals surface area contributed by atoms with Crippen LogP contribution in [-0.2, 0) is 6.54 Å². The third kappa shape index (κ3) is 1.09. The molecule has 1 aliphatic heterocycles. The largest absolute Gasteiger partial charge is 0.327 e. The zero-order valence-corrected chi connectivity index (χ0v) is 10.6. The summed E-state index contributed by atoms with van der Waals surface area (Å²) < 4.78 is 4.32. The van der Waals surface area contributed by atoms with Crippen LogP contribution >= 0.6 is 11.3 Å². The van der Waals surface area contributed by atoms with E-state index in [2.05, 4.69) is 25.6 Å². The van der Waals surface area contributed by atoms with E-state index in [1.54, 1.807) is 17.5 Å². The maximum atomic E-state index is 4.57. The molecule has 0 fully saturated rings. The molecule has 0 amide bonds. The quantitative estimate of drug-likeness (QED) is 0.400. The molecule has 0 N–H and O–H groups in total. The first-order chi connectivity index (χ1) is 9.42. The van der Waals surface area contributed by atoms with E-state index in [1.165, 1.54) is 10.6 Å². The Morgan fingerprint density at radius 1 is 1.21 bits per heavy atom. The Balaban J connectivity index is 1.94. The number of imidazole rings is 1. The van der Waals surface area contributed by atoms with Crippen LogP contribution in [0.3, 0.4) is 0 Å². The van der Waals surface area contributed by atoms with Crippen molar-refractivity contribution in [1.29, 1.82) is 0 Å². The van der Waals surface area contributed by atoms with Gasteiger partial charge in [-0.1, -0.05) is 17.4 Å². The number of aromatic nitrogens is 5. The number of hydrogen-bond donors (Lipinski definition) is 0. The standard InChI is InChI=1S/C13H8N5S/c1-3-8-7-18-11-10(19-12(18)9(8)14-4-1)16-13-15-5-2-6-17(11)13/h1-6H,7H2/q+1. The fraction of sp³-hybridized carbons (Fsp3) is 0.0769. The van der Waals surface area contributed by atoms with Crippen molar-refractivity contribution < 1.29 is 4.57 Å². The maximum Gasteiger partial charge on any atom is 0.327 e. The average molecular weight is 266 g/mol. The average Bonchev–Trinajstić information content (AvgIpc) is 3.05. The smallest absolute Gasteiger partial charge is 0.251 e. The maximum absolute atomic E-state index is 4.57. The second-order valence-corrected chi connectivity index (χ2v) is 5.51. The molecular weight excluding hydrogens is 258 g/mol. The third-order valence-corrected chi connectivity index (χ3v) is 4.54. The summed E-state index contributed by atoms with van der Waals surface area (Å²) in [6, 6.07) is 6.05. The molecular formula is C13H8N5S+. The number of thiazole rings is 1. The Morgan fingerprint density at radius 2 is 2.16 bits per heavy atom. The van der Waals surface area contributed by atoms with Crippen molar-refractivity contribution in [1.82, 2.24) is 19.4 Å². The number of rotatable bonds is 0. The predicted octanol–water partition coefficient (Wildman–Crippen LogP) is 1.66. The first kappa shape index (κ1) is 9.57. The van der Waals surface area contributed by atoms with Crippen LogP contribution in [0.2, 0.25) is 0 Å². The minimum absolute atomic E-state index is 0.753. The van der Waals surface area contributed by atoms with Crippen molar-refractivity contribution >= 4 is 27.6 Å². The Bertz CT molecular complexity index is 952. The molecule has 5 heterocycles. The van der Waals surface area contributed by atoms with Gasteiger partial charge in [0.15, 0.2) is 0 Å². The molecule has 90 valence electrons. The highest BCUT2D eigenvalue weighted by Gasteiger charge is 2.32. The molecule has 0 spiro atoms. The predicted molar refractivity (Wildman–Crippen MR) is 70.9 cm³/mol. The lowest BCUT2D eigenvalue weighted by atomic mass is 10.2. The lowest BCUT2D eigenvalue weighted by Gasteiger charge is -1.90. The zero-order valence-electron chi connectivity index (χ0n) is 9.82. The molecule has 5 rings (SSSR count). The van der Waals surface area contributed by atoms with E-state index in [0.29, 0.717) is 0 Å². The SMILES string of the molecule is c1cnc2c(c1)C[n+]1c-2sc2nc3ncccn3c21. The summed E-state index contributed by atoms with van der Waals surface area (Å²) in [4.78, 5) is 14.4. The summed E-state index contributed by atoms with van der Waals surface area (Å²) >= 11 is 1.68. The van der Waals surface area contributed by atoms with Crippen LogP contribution in [0.25, 0.3) is 27.0 Å². The molecule has 0 aliphatic carbocycles. The highest BCUT2D eigenvalue weighted by Crippen LogP contribution is 2.33. The zero-order chi connectivity index (χ0) is 12.4. The molecule has 4 aromatic heterocycles. The topological polar surface area (TPSA) is 47.0 Å². The summed E-state index contributed by atoms with van der Waals surface area (Å²) in [5.74, 6) is 0.753. The Hall–Kier alpha value is -2.34. The van der Waals surface area contributed by atoms with Gasteiger partial charge in [0.25, 0.3) is 0 Å². The number of hydrogen-bond acceptors (Lipinski definition) is 4. The monoisotopic (exact) mass is 266 g/mol. The van der Waals surface area contributed by atoms with Crippen LogP contribution in [0.5, 0.6) is 0 Å². The van der Waals surface area contributed by atoms with Crippen molar-refractivity contribution in [3.05, 3.63) is 42.4 Å². The molecule has 0 unspecified atom stereocenters. The molecule has 0 saturated carbocycles. The van der Waals surface area contributed by atoms with E-state index in [1.807, 2.05) is 28.9 Å². The Morgan fingerprint density at radius 3 is 3.16 bits per heavy atom. The molecule has 0 saturated heterocycles. The Labute approximate surface area is 111 Å². The fourth-order valence-electron chi connectivity index (χ4n) is 2.66. The van der Waals surface area contributed by atoms with Crippen LogP contribution in [0.1, 0.15) is 5.56 Å². The lowest BCUT2D eigenvalue weighted by molar-refractivity contribution is -0.644. The van der Waals surface area contributed by atoms with E-state index in [9.17, 15) is 0 Å². The van der Waals surface area contributed by atoms with E-state index in [4.69, 9.17) is 0 Å². The molecule has 6 heteroatoms. The van der Waals surface area contributed by atoms with E-state index < -0.39 is 0 Å². The van der Waals surface area contributed by atoms with Gasteiger partial charge in [0.1, 0.15) is 18.4 Å². The van der Waals surface area contributed by atoms with E-state index in [0.717, 1.165) is 28.5 Å². The van der Waals surface area contributed by atoms with Gasteiger partial charge < -0.3 is 0 Å². The number of pyridine rings is 1. The number of nitrogens with zero attached hydrogens (tertiary/aromatic N) is 5. The van der Waals surface area contributed by atoms with Crippen molar-refractivity contribution in [2.75, 3.05) is 0 Å². The number of fused-ring (bicyclic) bond motifs is 7. The van der Waals surface area contributed by atoms with Crippen LogP contribution < -0.4 is 4.57 Å². The highest BCUT2D eigenvalue weighted by atomic mass is 32.1. The summed E-state index contributed by atoms with van der Waals surface area (Å²) in [6.07, 6.45) is 5.63. The minimum Gasteiger partial charge on any atom is -0.251 e. The third-order valence-electron chi connectivity index (χ3n) is 3.46. The van der Waals surface area contributed by atoms with Crippen molar-refractivity contribution in [2.24, 2.45) is 0 Å². The van der Waals surface area contributed by atoms with Gasteiger partial charge in [-0.15, -0.1) is 0 Å². The van der Waals surface area contributed by atoms with Crippen molar-refractivity contribution in [2.45, 2.75) is 6.54 Å². The lowest BCUT2D eigenvalue weighted by Crippen LogP contribution is -2.31. The first-order valence-corrected chi connectivity index (χ1v) is 6.83. The molecule has 0 radical (unpaired) electrons. The highest BCUT2D eigenvalue weighted by molar-refractivity contribution is 7.20.